The molecule has 0 unspecified atom stereocenters. The average Bonchev–Trinajstić information content (AvgIpc) is 2.27. The number of nitrogens with zero attached hydrogens (tertiary/aromatic N) is 2. The van der Waals surface area contributed by atoms with Crippen LogP contribution in [0.5, 0.6) is 5.75 Å². The van der Waals surface area contributed by atoms with Crippen LogP contribution in [-0.4, -0.2) is 30.7 Å². The molecule has 0 atom stereocenters. The Bertz CT molecular complexity index is 467. The van der Waals surface area contributed by atoms with Gasteiger partial charge in [-0.2, -0.15) is 4.99 Å². The highest BCUT2D eigenvalue weighted by molar-refractivity contribution is 5.93. The Morgan fingerprint density at radius 3 is 2.56 bits per heavy atom. The third-order valence-corrected chi connectivity index (χ3v) is 2.07. The van der Waals surface area contributed by atoms with Crippen molar-refractivity contribution in [1.29, 1.82) is 0 Å². The molecular weight excluding hydrogens is 234 g/mol. The van der Waals surface area contributed by atoms with Gasteiger partial charge in [-0.1, -0.05) is 0 Å². The van der Waals surface area contributed by atoms with E-state index in [4.69, 9.17) is 27.0 Å². The van der Waals surface area contributed by atoms with Gasteiger partial charge in [0.2, 0.25) is 5.96 Å². The molecule has 0 aromatic heterocycles. The summed E-state index contributed by atoms with van der Waals surface area (Å²) in [6.45, 7) is 0.0414. The maximum Gasteiger partial charge on any atom is 0.223 e. The van der Waals surface area contributed by atoms with Crippen LogP contribution in [0.4, 0.5) is 5.69 Å². The van der Waals surface area contributed by atoms with E-state index in [-0.39, 0.29) is 18.5 Å². The van der Waals surface area contributed by atoms with Crippen LogP contribution < -0.4 is 21.9 Å². The first-order valence-corrected chi connectivity index (χ1v) is 5.27. The van der Waals surface area contributed by atoms with Gasteiger partial charge in [-0.3, -0.25) is 0 Å². The molecule has 0 radical (unpaired) electrons. The van der Waals surface area contributed by atoms with Crippen molar-refractivity contribution < 1.29 is 9.84 Å². The van der Waals surface area contributed by atoms with Gasteiger partial charge in [-0.15, -0.1) is 0 Å². The summed E-state index contributed by atoms with van der Waals surface area (Å²) < 4.78 is 5.13. The van der Waals surface area contributed by atoms with Crippen LogP contribution in [0, 0.1) is 0 Å². The zero-order valence-electron chi connectivity index (χ0n) is 10.1. The molecule has 0 aliphatic heterocycles. The third-order valence-electron chi connectivity index (χ3n) is 2.07. The third kappa shape index (κ3) is 4.30. The van der Waals surface area contributed by atoms with Gasteiger partial charge in [0.25, 0.3) is 0 Å². The van der Waals surface area contributed by atoms with Crippen LogP contribution in [0.1, 0.15) is 5.56 Å². The molecule has 7 nitrogen and oxygen atoms in total. The number of methoxy groups -OCH3 is 1. The number of benzene rings is 1. The summed E-state index contributed by atoms with van der Waals surface area (Å²) in [6.07, 6.45) is 0.502. The fourth-order valence-corrected chi connectivity index (χ4v) is 1.39. The molecule has 0 fully saturated rings. The standard InChI is InChI=1S/C11H17N5O2/c1-18-9-5-7(2-3-17)4-8(6-9)15-11(14)16-10(12)13/h4-6,17H,2-3H2,1H3,(H6,12,13,14,15,16). The fraction of sp³-hybridized carbons (Fsp3) is 0.273. The summed E-state index contributed by atoms with van der Waals surface area (Å²) in [7, 11) is 1.55. The molecule has 1 rings (SSSR count). The highest BCUT2D eigenvalue weighted by Crippen LogP contribution is 2.23. The van der Waals surface area contributed by atoms with E-state index in [9.17, 15) is 0 Å². The van der Waals surface area contributed by atoms with Gasteiger partial charge in [0.1, 0.15) is 5.75 Å². The second-order valence-electron chi connectivity index (χ2n) is 3.52. The number of ether oxygens (including phenoxy) is 1. The molecule has 0 spiro atoms. The van der Waals surface area contributed by atoms with Gasteiger partial charge in [0.15, 0.2) is 5.96 Å². The van der Waals surface area contributed by atoms with Crippen molar-refractivity contribution in [3.05, 3.63) is 23.8 Å². The summed E-state index contributed by atoms with van der Waals surface area (Å²) >= 11 is 0. The van der Waals surface area contributed by atoms with E-state index in [1.54, 1.807) is 19.2 Å². The molecule has 18 heavy (non-hydrogen) atoms. The summed E-state index contributed by atoms with van der Waals surface area (Å²) in [4.78, 5) is 7.65. The van der Waals surface area contributed by atoms with Gasteiger partial charge >= 0.3 is 0 Å². The van der Waals surface area contributed by atoms with E-state index in [1.165, 1.54) is 0 Å². The maximum absolute atomic E-state index is 8.92. The highest BCUT2D eigenvalue weighted by Gasteiger charge is 2.01. The minimum absolute atomic E-state index is 0.0414. The lowest BCUT2D eigenvalue weighted by Crippen LogP contribution is -2.26. The molecule has 0 aliphatic carbocycles. The van der Waals surface area contributed by atoms with Crippen LogP contribution in [0.3, 0.4) is 0 Å². The van der Waals surface area contributed by atoms with Crippen molar-refractivity contribution in [2.24, 2.45) is 27.2 Å². The smallest absolute Gasteiger partial charge is 0.223 e. The number of hydrogen-bond donors (Lipinski definition) is 4. The molecule has 0 amide bonds. The van der Waals surface area contributed by atoms with Crippen molar-refractivity contribution in [2.45, 2.75) is 6.42 Å². The first-order chi connectivity index (χ1) is 8.55. The van der Waals surface area contributed by atoms with Gasteiger partial charge in [0.05, 0.1) is 12.8 Å². The van der Waals surface area contributed by atoms with Crippen LogP contribution >= 0.6 is 0 Å². The topological polar surface area (TPSA) is 132 Å². The molecule has 0 saturated heterocycles. The van der Waals surface area contributed by atoms with Crippen LogP contribution in [0.15, 0.2) is 28.2 Å². The molecule has 1 aromatic carbocycles. The second kappa shape index (κ2) is 6.45. The first-order valence-electron chi connectivity index (χ1n) is 5.27. The summed E-state index contributed by atoms with van der Waals surface area (Å²) in [5, 5.41) is 8.92. The molecule has 7 heteroatoms. The largest absolute Gasteiger partial charge is 0.497 e. The Hall–Kier alpha value is -2.28. The summed E-state index contributed by atoms with van der Waals surface area (Å²) in [5.41, 5.74) is 17.4. The fourth-order valence-electron chi connectivity index (χ4n) is 1.39. The normalized spacial score (nSPS) is 11.1. The SMILES string of the molecule is COc1cc(CCO)cc(N=C(N)N=C(N)N)c1. The Labute approximate surface area is 105 Å². The van der Waals surface area contributed by atoms with Gasteiger partial charge in [-0.25, -0.2) is 4.99 Å². The quantitative estimate of drug-likeness (QED) is 0.421. The van der Waals surface area contributed by atoms with Gasteiger partial charge in [-0.05, 0) is 24.1 Å². The van der Waals surface area contributed by atoms with Crippen molar-refractivity contribution >= 4 is 17.6 Å². The number of nitrogens with two attached hydrogens (primary N) is 3. The maximum atomic E-state index is 8.92. The number of aliphatic imine (C=N–C) groups is 2. The van der Waals surface area contributed by atoms with Crippen LogP contribution in [-0.2, 0) is 6.42 Å². The van der Waals surface area contributed by atoms with Crippen molar-refractivity contribution in [3.8, 4) is 5.75 Å². The van der Waals surface area contributed by atoms with E-state index < -0.39 is 0 Å². The highest BCUT2D eigenvalue weighted by atomic mass is 16.5. The summed E-state index contributed by atoms with van der Waals surface area (Å²) in [6, 6.07) is 5.27. The molecule has 98 valence electrons. The lowest BCUT2D eigenvalue weighted by Gasteiger charge is -2.05. The number of guanidine groups is 2. The molecule has 0 aliphatic rings. The van der Waals surface area contributed by atoms with E-state index >= 15 is 0 Å². The number of hydrogen-bond acceptors (Lipinski definition) is 3. The Morgan fingerprint density at radius 1 is 1.28 bits per heavy atom. The Balaban J connectivity index is 3.08. The molecule has 0 saturated carbocycles. The monoisotopic (exact) mass is 251 g/mol. The minimum Gasteiger partial charge on any atom is -0.497 e. The molecule has 7 N–H and O–H groups in total. The number of rotatable bonds is 4. The Kier molecular flexibility index (Phi) is 4.94. The number of aliphatic hydroxyl groups is 1. The average molecular weight is 251 g/mol. The van der Waals surface area contributed by atoms with Crippen molar-refractivity contribution in [2.75, 3.05) is 13.7 Å². The van der Waals surface area contributed by atoms with E-state index in [0.29, 0.717) is 17.9 Å². The van der Waals surface area contributed by atoms with E-state index in [0.717, 1.165) is 5.56 Å². The summed E-state index contributed by atoms with van der Waals surface area (Å²) in [5.74, 6) is 0.421. The second-order valence-corrected chi connectivity index (χ2v) is 3.52. The molecular formula is C11H17N5O2. The predicted molar refractivity (Wildman–Crippen MR) is 70.9 cm³/mol. The van der Waals surface area contributed by atoms with E-state index in [2.05, 4.69) is 9.98 Å². The Morgan fingerprint density at radius 2 is 2.00 bits per heavy atom. The van der Waals surface area contributed by atoms with Gasteiger partial charge < -0.3 is 27.0 Å². The van der Waals surface area contributed by atoms with Crippen molar-refractivity contribution in [3.63, 3.8) is 0 Å². The molecule has 1 aromatic rings. The van der Waals surface area contributed by atoms with Gasteiger partial charge in [0, 0.05) is 12.7 Å². The lowest BCUT2D eigenvalue weighted by molar-refractivity contribution is 0.299. The number of aliphatic hydroxyl groups excluding tert-OH is 1. The van der Waals surface area contributed by atoms with E-state index in [1.807, 2.05) is 6.07 Å². The molecule has 0 bridgehead atoms. The van der Waals surface area contributed by atoms with Crippen LogP contribution in [0.2, 0.25) is 0 Å². The zero-order valence-corrected chi connectivity index (χ0v) is 10.1. The minimum atomic E-state index is -0.158. The van der Waals surface area contributed by atoms with Crippen LogP contribution in [0.25, 0.3) is 0 Å². The molecule has 0 heterocycles. The van der Waals surface area contributed by atoms with Crippen molar-refractivity contribution in [1.82, 2.24) is 0 Å². The predicted octanol–water partition coefficient (Wildman–Crippen LogP) is -0.550. The zero-order chi connectivity index (χ0) is 13.5. The first kappa shape index (κ1) is 13.8. The lowest BCUT2D eigenvalue weighted by atomic mass is 10.1.